The van der Waals surface area contributed by atoms with Crippen molar-refractivity contribution in [2.24, 2.45) is 10.5 Å². The molecule has 1 N–H and O–H groups in total. The number of hydrogen-bond donors (Lipinski definition) is 1. The van der Waals surface area contributed by atoms with Gasteiger partial charge in [-0.25, -0.2) is 9.63 Å². The molecule has 1 atom stereocenters. The smallest absolute Gasteiger partial charge is 0.366 e. The Morgan fingerprint density at radius 1 is 1.08 bits per heavy atom. The van der Waals surface area contributed by atoms with E-state index in [0.717, 1.165) is 61.1 Å². The minimum absolute atomic E-state index is 0.0542. The third-order valence-corrected chi connectivity index (χ3v) is 7.88. The maximum absolute atomic E-state index is 12.7. The maximum Gasteiger partial charge on any atom is 0.366 e. The number of nitrogens with zero attached hydrogens (tertiary/aromatic N) is 4. The summed E-state index contributed by atoms with van der Waals surface area (Å²) in [6.07, 6.45) is 4.29. The molecule has 0 bridgehead atoms. The standard InChI is InChI=1S/C28H36N4O5/c1-3-28(20-33)12-14-30(15-13-28)17-21-4-8-24(9-5-21)36-25-18-31(19-25)27(34)32-29-16-26(37-32)22-6-10-23(35-2)11-7-22/h4-11,16,25-26,33H,3,12-15,17-20H2,1-2H3. The molecule has 2 amide bonds. The normalized spacial score (nSPS) is 21.6. The second kappa shape index (κ2) is 11.1. The van der Waals surface area contributed by atoms with E-state index in [0.29, 0.717) is 13.1 Å². The molecule has 2 saturated heterocycles. The largest absolute Gasteiger partial charge is 0.497 e. The van der Waals surface area contributed by atoms with Crippen molar-refractivity contribution in [2.45, 2.75) is 44.9 Å². The van der Waals surface area contributed by atoms with Crippen molar-refractivity contribution >= 4 is 12.2 Å². The Kier molecular flexibility index (Phi) is 7.64. The van der Waals surface area contributed by atoms with E-state index in [4.69, 9.17) is 14.3 Å². The number of ether oxygens (including phenoxy) is 2. The monoisotopic (exact) mass is 508 g/mol. The fraction of sp³-hybridized carbons (Fsp3) is 0.500. The van der Waals surface area contributed by atoms with E-state index < -0.39 is 6.10 Å². The lowest BCUT2D eigenvalue weighted by atomic mass is 9.77. The first-order chi connectivity index (χ1) is 18.0. The lowest BCUT2D eigenvalue weighted by Crippen LogP contribution is -2.58. The van der Waals surface area contributed by atoms with Crippen molar-refractivity contribution < 1.29 is 24.2 Å². The van der Waals surface area contributed by atoms with Crippen LogP contribution in [0, 0.1) is 5.41 Å². The molecule has 0 spiro atoms. The van der Waals surface area contributed by atoms with E-state index in [1.807, 2.05) is 36.4 Å². The Labute approximate surface area is 218 Å². The summed E-state index contributed by atoms with van der Waals surface area (Å²) in [6.45, 7) is 6.38. The van der Waals surface area contributed by atoms with Gasteiger partial charge in [-0.1, -0.05) is 36.4 Å². The van der Waals surface area contributed by atoms with Crippen LogP contribution in [-0.2, 0) is 11.4 Å². The van der Waals surface area contributed by atoms with Gasteiger partial charge in [0.1, 0.15) is 17.6 Å². The molecule has 0 saturated carbocycles. The van der Waals surface area contributed by atoms with Crippen LogP contribution in [0.2, 0.25) is 0 Å². The third-order valence-electron chi connectivity index (χ3n) is 7.88. The van der Waals surface area contributed by atoms with Gasteiger partial charge < -0.3 is 19.5 Å². The van der Waals surface area contributed by atoms with Gasteiger partial charge in [-0.05, 0) is 73.2 Å². The molecule has 3 aliphatic rings. The highest BCUT2D eigenvalue weighted by Crippen LogP contribution is 2.34. The summed E-state index contributed by atoms with van der Waals surface area (Å²) >= 11 is 0. The van der Waals surface area contributed by atoms with Crippen LogP contribution >= 0.6 is 0 Å². The number of methoxy groups -OCH3 is 1. The lowest BCUT2D eigenvalue weighted by Gasteiger charge is -2.40. The van der Waals surface area contributed by atoms with Crippen LogP contribution in [0.1, 0.15) is 43.4 Å². The molecule has 2 aromatic rings. The molecule has 1 unspecified atom stereocenters. The zero-order chi connectivity index (χ0) is 25.8. The van der Waals surface area contributed by atoms with Gasteiger partial charge in [-0.15, -0.1) is 0 Å². The highest BCUT2D eigenvalue weighted by molar-refractivity contribution is 5.78. The van der Waals surface area contributed by atoms with E-state index in [2.05, 4.69) is 29.1 Å². The molecule has 37 heavy (non-hydrogen) atoms. The summed E-state index contributed by atoms with van der Waals surface area (Å²) in [7, 11) is 1.62. The Hall–Kier alpha value is -3.14. The number of hydrogen-bond acceptors (Lipinski definition) is 7. The number of aliphatic hydroxyl groups is 1. The number of aliphatic hydroxyl groups excluding tert-OH is 1. The van der Waals surface area contributed by atoms with Crippen LogP contribution in [-0.4, -0.2) is 78.3 Å². The Balaban J connectivity index is 1.04. The molecule has 3 heterocycles. The molecule has 3 aliphatic heterocycles. The molecular weight excluding hydrogens is 472 g/mol. The van der Waals surface area contributed by atoms with Crippen molar-refractivity contribution in [3.63, 3.8) is 0 Å². The van der Waals surface area contributed by atoms with Crippen LogP contribution in [0.4, 0.5) is 4.79 Å². The Morgan fingerprint density at radius 3 is 2.38 bits per heavy atom. The molecule has 0 radical (unpaired) electrons. The lowest BCUT2D eigenvalue weighted by molar-refractivity contribution is -0.134. The van der Waals surface area contributed by atoms with Gasteiger partial charge in [0, 0.05) is 13.2 Å². The SMILES string of the molecule is CCC1(CO)CCN(Cc2ccc(OC3CN(C(=O)N4N=CC(c5ccc(OC)cc5)O4)C3)cc2)CC1. The van der Waals surface area contributed by atoms with E-state index in [1.54, 1.807) is 18.2 Å². The molecule has 2 fully saturated rings. The van der Waals surface area contributed by atoms with Crippen LogP contribution in [0.15, 0.2) is 53.6 Å². The highest BCUT2D eigenvalue weighted by atomic mass is 16.7. The molecule has 9 nitrogen and oxygen atoms in total. The summed E-state index contributed by atoms with van der Waals surface area (Å²) in [4.78, 5) is 22.6. The Morgan fingerprint density at radius 2 is 1.76 bits per heavy atom. The average Bonchev–Trinajstić information content (AvgIpc) is 3.42. The first-order valence-electron chi connectivity index (χ1n) is 13.0. The van der Waals surface area contributed by atoms with Crippen molar-refractivity contribution in [3.8, 4) is 11.5 Å². The highest BCUT2D eigenvalue weighted by Gasteiger charge is 2.38. The van der Waals surface area contributed by atoms with Crippen molar-refractivity contribution in [1.82, 2.24) is 15.0 Å². The Bertz CT molecular complexity index is 1070. The molecule has 9 heteroatoms. The van der Waals surface area contributed by atoms with Crippen LogP contribution in [0.5, 0.6) is 11.5 Å². The second-order valence-corrected chi connectivity index (χ2v) is 10.2. The summed E-state index contributed by atoms with van der Waals surface area (Å²) in [6, 6.07) is 15.4. The van der Waals surface area contributed by atoms with E-state index in [9.17, 15) is 9.90 Å². The number of carbonyl (C=O) groups is 1. The zero-order valence-electron chi connectivity index (χ0n) is 21.6. The first kappa shape index (κ1) is 25.5. The third kappa shape index (κ3) is 5.74. The van der Waals surface area contributed by atoms with Gasteiger partial charge in [0.05, 0.1) is 26.4 Å². The quantitative estimate of drug-likeness (QED) is 0.583. The van der Waals surface area contributed by atoms with Crippen LogP contribution < -0.4 is 9.47 Å². The van der Waals surface area contributed by atoms with Gasteiger partial charge in [0.2, 0.25) is 0 Å². The van der Waals surface area contributed by atoms with Crippen molar-refractivity contribution in [3.05, 3.63) is 59.7 Å². The number of carbonyl (C=O) groups excluding carboxylic acids is 1. The predicted octanol–water partition coefficient (Wildman–Crippen LogP) is 3.84. The predicted molar refractivity (Wildman–Crippen MR) is 139 cm³/mol. The van der Waals surface area contributed by atoms with E-state index in [-0.39, 0.29) is 24.2 Å². The topological polar surface area (TPSA) is 87.1 Å². The average molecular weight is 509 g/mol. The number of urea groups is 1. The summed E-state index contributed by atoms with van der Waals surface area (Å²) in [5, 5.41) is 14.9. The van der Waals surface area contributed by atoms with E-state index in [1.165, 1.54) is 5.56 Å². The van der Waals surface area contributed by atoms with Crippen LogP contribution in [0.3, 0.4) is 0 Å². The number of likely N-dealkylation sites (tertiary alicyclic amines) is 2. The van der Waals surface area contributed by atoms with Gasteiger partial charge in [0.25, 0.3) is 0 Å². The minimum atomic E-state index is -0.407. The van der Waals surface area contributed by atoms with Gasteiger partial charge in [-0.2, -0.15) is 5.10 Å². The maximum atomic E-state index is 12.7. The van der Waals surface area contributed by atoms with Gasteiger partial charge >= 0.3 is 6.03 Å². The first-order valence-corrected chi connectivity index (χ1v) is 13.0. The second-order valence-electron chi connectivity index (χ2n) is 10.2. The molecule has 0 aliphatic carbocycles. The van der Waals surface area contributed by atoms with Crippen LogP contribution in [0.25, 0.3) is 0 Å². The van der Waals surface area contributed by atoms with Crippen molar-refractivity contribution in [1.29, 1.82) is 0 Å². The zero-order valence-corrected chi connectivity index (χ0v) is 21.6. The number of rotatable bonds is 8. The minimum Gasteiger partial charge on any atom is -0.497 e. The molecule has 2 aromatic carbocycles. The number of benzene rings is 2. The summed E-state index contributed by atoms with van der Waals surface area (Å²) < 4.78 is 11.2. The van der Waals surface area contributed by atoms with Gasteiger partial charge in [-0.3, -0.25) is 4.90 Å². The van der Waals surface area contributed by atoms with Crippen molar-refractivity contribution in [2.75, 3.05) is 39.9 Å². The molecule has 0 aromatic heterocycles. The fourth-order valence-electron chi connectivity index (χ4n) is 5.04. The molecule has 5 rings (SSSR count). The number of hydrazone groups is 1. The summed E-state index contributed by atoms with van der Waals surface area (Å²) in [5.41, 5.74) is 2.26. The number of hydroxylamine groups is 1. The number of piperidine rings is 1. The molecular formula is C28H36N4O5. The number of amides is 2. The fourth-order valence-corrected chi connectivity index (χ4v) is 5.04. The summed E-state index contributed by atoms with van der Waals surface area (Å²) in [5.74, 6) is 1.57. The van der Waals surface area contributed by atoms with Gasteiger partial charge in [0.15, 0.2) is 6.10 Å². The van der Waals surface area contributed by atoms with E-state index >= 15 is 0 Å². The molecule has 198 valence electrons.